The van der Waals surface area contributed by atoms with E-state index in [1.807, 2.05) is 6.56 Å². The van der Waals surface area contributed by atoms with Crippen molar-refractivity contribution in [3.63, 3.8) is 0 Å². The summed E-state index contributed by atoms with van der Waals surface area (Å²) in [5.41, 5.74) is 12.6. The molecule has 2 aliphatic carbocycles. The van der Waals surface area contributed by atoms with Crippen molar-refractivity contribution in [1.82, 2.24) is 0 Å². The van der Waals surface area contributed by atoms with Crippen LogP contribution in [-0.2, 0) is 28.5 Å². The molecule has 0 radical (unpaired) electrons. The predicted molar refractivity (Wildman–Crippen MR) is 150 cm³/mol. The van der Waals surface area contributed by atoms with Gasteiger partial charge in [0.05, 0.1) is 0 Å². The minimum atomic E-state index is -3.41. The van der Waals surface area contributed by atoms with Gasteiger partial charge in [-0.2, -0.15) is 0 Å². The molecule has 184 valence electrons. The molecule has 2 aromatic rings. The molecule has 35 heavy (non-hydrogen) atoms. The summed E-state index contributed by atoms with van der Waals surface area (Å²) in [5, 5.41) is 0. The van der Waals surface area contributed by atoms with Crippen molar-refractivity contribution in [2.75, 3.05) is 0 Å². The first-order valence-corrected chi connectivity index (χ1v) is 19.2. The number of benzene rings is 2. The van der Waals surface area contributed by atoms with Crippen LogP contribution in [0.4, 0.5) is 0 Å². The average molecular weight is 544 g/mol. The summed E-state index contributed by atoms with van der Waals surface area (Å²) in [6.45, 7) is 24.5. The van der Waals surface area contributed by atoms with E-state index >= 15 is 0 Å². The second-order valence-electron chi connectivity index (χ2n) is 12.2. The van der Waals surface area contributed by atoms with Crippen LogP contribution in [0, 0.1) is 10.8 Å². The molecule has 0 nitrogen and oxygen atoms in total. The number of hydrogen-bond acceptors (Lipinski definition) is 0. The molecule has 0 N–H and O–H groups in total. The molecule has 2 aromatic carbocycles. The van der Waals surface area contributed by atoms with Gasteiger partial charge >= 0.3 is 220 Å². The van der Waals surface area contributed by atoms with Gasteiger partial charge in [0.25, 0.3) is 0 Å². The second-order valence-corrected chi connectivity index (χ2v) is 21.7. The van der Waals surface area contributed by atoms with E-state index in [0.29, 0.717) is 0 Å². The Labute approximate surface area is 219 Å². The van der Waals surface area contributed by atoms with Crippen LogP contribution in [0.25, 0.3) is 0 Å². The molecule has 0 aliphatic heterocycles. The summed E-state index contributed by atoms with van der Waals surface area (Å²) >= 11 is -3.41. The van der Waals surface area contributed by atoms with E-state index in [1.54, 1.807) is 22.3 Å². The third-order valence-electron chi connectivity index (χ3n) is 9.78. The van der Waals surface area contributed by atoms with Crippen LogP contribution in [0.2, 0.25) is 0 Å². The van der Waals surface area contributed by atoms with E-state index in [9.17, 15) is 0 Å². The van der Waals surface area contributed by atoms with E-state index in [1.165, 1.54) is 30.5 Å². The minimum absolute atomic E-state index is 0.0988. The maximum absolute atomic E-state index is 3.41. The average Bonchev–Trinajstić information content (AvgIpc) is 3.07. The molecule has 0 saturated heterocycles. The topological polar surface area (TPSA) is 0 Å². The Hall–Kier alpha value is -1.72. The zero-order valence-electron chi connectivity index (χ0n) is 23.7. The van der Waals surface area contributed by atoms with Crippen LogP contribution in [-0.4, -0.2) is 0 Å². The Morgan fingerprint density at radius 2 is 0.800 bits per heavy atom. The molecule has 0 heterocycles. The van der Waals surface area contributed by atoms with Gasteiger partial charge in [-0.3, -0.25) is 0 Å². The van der Waals surface area contributed by atoms with Gasteiger partial charge < -0.3 is 0 Å². The van der Waals surface area contributed by atoms with Crippen molar-refractivity contribution in [2.24, 2.45) is 10.8 Å². The van der Waals surface area contributed by atoms with E-state index in [-0.39, 0.29) is 10.8 Å². The Balaban J connectivity index is 2.11. The zero-order chi connectivity index (χ0) is 25.8. The Morgan fingerprint density at radius 1 is 0.486 bits per heavy atom. The fourth-order valence-corrected chi connectivity index (χ4v) is 26.0. The molecule has 4 rings (SSSR count). The second kappa shape index (κ2) is 9.30. The molecular weight excluding hydrogens is 500 g/mol. The van der Waals surface area contributed by atoms with Crippen LogP contribution in [0.1, 0.15) is 80.4 Å². The van der Waals surface area contributed by atoms with Gasteiger partial charge in [0, 0.05) is 0 Å². The normalized spacial score (nSPS) is 19.9. The summed E-state index contributed by atoms with van der Waals surface area (Å²) in [5.74, 6) is 0. The van der Waals surface area contributed by atoms with Gasteiger partial charge in [-0.05, 0) is 0 Å². The fourth-order valence-electron chi connectivity index (χ4n) is 7.53. The predicted octanol–water partition coefficient (Wildman–Crippen LogP) is 9.84. The first kappa shape index (κ1) is 26.3. The molecule has 0 aromatic heterocycles. The van der Waals surface area contributed by atoms with Gasteiger partial charge in [0.2, 0.25) is 0 Å². The van der Waals surface area contributed by atoms with Crippen molar-refractivity contribution < 1.29 is 20.3 Å². The molecular formula is C34H44Zr. The Bertz CT molecular complexity index is 1160. The number of rotatable bonds is 6. The molecule has 0 fully saturated rings. The standard InChI is InChI=1S/2C10H15.2C7H7.Zr/c2*1-7-6-10(4,5)9(3)8(7)2;2*1-7-5-3-2-4-6-7;/h2*1-5H3;2*2-6H,1H2;. The van der Waals surface area contributed by atoms with E-state index in [0.717, 1.165) is 0 Å². The summed E-state index contributed by atoms with van der Waals surface area (Å²) < 4.78 is 6.11. The molecule has 0 spiro atoms. The van der Waals surface area contributed by atoms with Crippen LogP contribution in [0.3, 0.4) is 0 Å². The van der Waals surface area contributed by atoms with Crippen molar-refractivity contribution in [2.45, 2.75) is 77.5 Å². The zero-order valence-corrected chi connectivity index (χ0v) is 26.1. The van der Waals surface area contributed by atoms with Gasteiger partial charge in [-0.25, -0.2) is 0 Å². The third kappa shape index (κ3) is 4.17. The third-order valence-corrected chi connectivity index (χ3v) is 24.4. The van der Waals surface area contributed by atoms with E-state index in [2.05, 4.69) is 130 Å². The van der Waals surface area contributed by atoms with Gasteiger partial charge in [-0.15, -0.1) is 0 Å². The SMILES string of the molecule is CC1=C(C)C(C)(C)[C]([Zr]([CH2]c2ccccc2)([CH2]c2ccccc2)[C]2=C(C)C(C)=C(C)C2(C)C)=C1C. The first-order valence-electron chi connectivity index (χ1n) is 13.2. The monoisotopic (exact) mass is 542 g/mol. The van der Waals surface area contributed by atoms with Gasteiger partial charge in [0.15, 0.2) is 0 Å². The van der Waals surface area contributed by atoms with Crippen molar-refractivity contribution >= 4 is 0 Å². The maximum atomic E-state index is 2.52. The van der Waals surface area contributed by atoms with Crippen LogP contribution in [0.5, 0.6) is 0 Å². The number of hydrogen-bond donors (Lipinski definition) is 0. The van der Waals surface area contributed by atoms with Crippen molar-refractivity contribution in [1.29, 1.82) is 0 Å². The summed E-state index contributed by atoms with van der Waals surface area (Å²) in [4.78, 5) is 0. The number of allylic oxidation sites excluding steroid dienone is 8. The molecule has 0 atom stereocenters. The van der Waals surface area contributed by atoms with E-state index < -0.39 is 20.3 Å². The van der Waals surface area contributed by atoms with Crippen LogP contribution >= 0.6 is 0 Å². The molecule has 0 saturated carbocycles. The molecule has 2 aliphatic rings. The Morgan fingerprint density at radius 3 is 1.06 bits per heavy atom. The molecule has 0 unspecified atom stereocenters. The Kier molecular flexibility index (Phi) is 7.00. The van der Waals surface area contributed by atoms with Gasteiger partial charge in [-0.1, -0.05) is 0 Å². The summed E-state index contributed by atoms with van der Waals surface area (Å²) in [6.07, 6.45) is 0. The van der Waals surface area contributed by atoms with Gasteiger partial charge in [0.1, 0.15) is 0 Å². The molecule has 0 amide bonds. The quantitative estimate of drug-likeness (QED) is 0.340. The van der Waals surface area contributed by atoms with Crippen molar-refractivity contribution in [3.8, 4) is 0 Å². The fraction of sp³-hybridized carbons (Fsp3) is 0.412. The van der Waals surface area contributed by atoms with E-state index in [4.69, 9.17) is 0 Å². The molecule has 1 heteroatoms. The van der Waals surface area contributed by atoms with Crippen LogP contribution in [0.15, 0.2) is 101 Å². The summed E-state index contributed by atoms with van der Waals surface area (Å²) in [7, 11) is 0. The molecule has 0 bridgehead atoms. The first-order chi connectivity index (χ1) is 16.4. The van der Waals surface area contributed by atoms with Crippen LogP contribution < -0.4 is 0 Å². The summed E-state index contributed by atoms with van der Waals surface area (Å²) in [6, 6.07) is 22.8. The van der Waals surface area contributed by atoms with Crippen molar-refractivity contribution in [3.05, 3.63) is 112 Å².